The van der Waals surface area contributed by atoms with E-state index in [1.54, 1.807) is 9.80 Å². The fourth-order valence-electron chi connectivity index (χ4n) is 2.96. The largest absolute Gasteiger partial charge is 0.442 e. The highest BCUT2D eigenvalue weighted by molar-refractivity contribution is 5.89. The van der Waals surface area contributed by atoms with Gasteiger partial charge in [0.05, 0.1) is 26.3 Å². The number of hydrogen-bond donors (Lipinski definition) is 1. The molecule has 0 saturated carbocycles. The molecule has 1 unspecified atom stereocenters. The molecule has 2 saturated heterocycles. The molecule has 25 heavy (non-hydrogen) atoms. The van der Waals surface area contributed by atoms with E-state index in [1.165, 1.54) is 5.56 Å². The van der Waals surface area contributed by atoms with Crippen LogP contribution in [0.4, 0.5) is 15.3 Å². The van der Waals surface area contributed by atoms with Crippen molar-refractivity contribution < 1.29 is 19.1 Å². The van der Waals surface area contributed by atoms with Crippen molar-refractivity contribution in [1.82, 2.24) is 10.2 Å². The highest BCUT2D eigenvalue weighted by atomic mass is 16.6. The number of amides is 3. The molecule has 0 bridgehead atoms. The summed E-state index contributed by atoms with van der Waals surface area (Å²) in [5, 5.41) is 2.84. The minimum absolute atomic E-state index is 0.140. The van der Waals surface area contributed by atoms with Crippen LogP contribution in [-0.4, -0.2) is 62.5 Å². The van der Waals surface area contributed by atoms with E-state index in [1.807, 2.05) is 24.3 Å². The smallest absolute Gasteiger partial charge is 0.414 e. The lowest BCUT2D eigenvalue weighted by Crippen LogP contribution is -2.48. The zero-order valence-corrected chi connectivity index (χ0v) is 14.7. The number of nitrogens with zero attached hydrogens (tertiary/aromatic N) is 2. The minimum atomic E-state index is -0.372. The van der Waals surface area contributed by atoms with Crippen LogP contribution in [0.25, 0.3) is 0 Å². The second kappa shape index (κ2) is 7.74. The quantitative estimate of drug-likeness (QED) is 0.906. The molecule has 136 valence electrons. The van der Waals surface area contributed by atoms with Gasteiger partial charge < -0.3 is 19.7 Å². The lowest BCUT2D eigenvalue weighted by atomic mass is 10.0. The van der Waals surface area contributed by atoms with E-state index in [0.717, 1.165) is 5.69 Å². The van der Waals surface area contributed by atoms with Crippen LogP contribution in [0.1, 0.15) is 25.3 Å². The van der Waals surface area contributed by atoms with Crippen LogP contribution in [0.15, 0.2) is 24.3 Å². The number of urea groups is 1. The van der Waals surface area contributed by atoms with E-state index in [2.05, 4.69) is 19.2 Å². The highest BCUT2D eigenvalue weighted by Crippen LogP contribution is 2.24. The predicted octanol–water partition coefficient (Wildman–Crippen LogP) is 2.18. The zero-order chi connectivity index (χ0) is 17.8. The number of benzene rings is 1. The number of morpholine rings is 1. The van der Waals surface area contributed by atoms with Gasteiger partial charge in [0.1, 0.15) is 6.10 Å². The van der Waals surface area contributed by atoms with Gasteiger partial charge >= 0.3 is 12.1 Å². The molecule has 7 heteroatoms. The fraction of sp³-hybridized carbons (Fsp3) is 0.556. The summed E-state index contributed by atoms with van der Waals surface area (Å²) in [7, 11) is 0. The summed E-state index contributed by atoms with van der Waals surface area (Å²) in [6.07, 6.45) is -0.717. The predicted molar refractivity (Wildman–Crippen MR) is 93.9 cm³/mol. The van der Waals surface area contributed by atoms with Gasteiger partial charge in [-0.25, -0.2) is 9.59 Å². The van der Waals surface area contributed by atoms with Crippen LogP contribution in [-0.2, 0) is 9.47 Å². The van der Waals surface area contributed by atoms with Crippen LogP contribution in [0.2, 0.25) is 0 Å². The van der Waals surface area contributed by atoms with Gasteiger partial charge in [0.25, 0.3) is 0 Å². The maximum atomic E-state index is 12.1. The van der Waals surface area contributed by atoms with Crippen molar-refractivity contribution in [3.8, 4) is 0 Å². The van der Waals surface area contributed by atoms with Crippen LogP contribution < -0.4 is 10.2 Å². The van der Waals surface area contributed by atoms with Gasteiger partial charge in [0.15, 0.2) is 0 Å². The van der Waals surface area contributed by atoms with E-state index in [9.17, 15) is 9.59 Å². The lowest BCUT2D eigenvalue weighted by Gasteiger charge is -2.27. The summed E-state index contributed by atoms with van der Waals surface area (Å²) >= 11 is 0. The van der Waals surface area contributed by atoms with Gasteiger partial charge in [-0.2, -0.15) is 0 Å². The Bertz CT molecular complexity index is 611. The van der Waals surface area contributed by atoms with Crippen molar-refractivity contribution >= 4 is 17.8 Å². The Balaban J connectivity index is 1.52. The average molecular weight is 347 g/mol. The van der Waals surface area contributed by atoms with Gasteiger partial charge in [-0.1, -0.05) is 26.0 Å². The summed E-state index contributed by atoms with van der Waals surface area (Å²) in [5.74, 6) is 0.447. The number of rotatable bonds is 4. The normalized spacial score (nSPS) is 20.8. The summed E-state index contributed by atoms with van der Waals surface area (Å²) in [6, 6.07) is 7.79. The Kier molecular flexibility index (Phi) is 5.43. The number of nitrogens with one attached hydrogen (secondary N) is 1. The molecule has 3 rings (SSSR count). The molecule has 1 aromatic carbocycles. The molecule has 1 atom stereocenters. The number of cyclic esters (lactones) is 1. The molecule has 0 radical (unpaired) electrons. The first kappa shape index (κ1) is 17.5. The monoisotopic (exact) mass is 347 g/mol. The fourth-order valence-corrected chi connectivity index (χ4v) is 2.96. The number of hydrogen-bond acceptors (Lipinski definition) is 4. The van der Waals surface area contributed by atoms with E-state index in [0.29, 0.717) is 45.3 Å². The molecule has 0 spiro atoms. The van der Waals surface area contributed by atoms with E-state index in [-0.39, 0.29) is 18.2 Å². The van der Waals surface area contributed by atoms with Crippen LogP contribution in [0, 0.1) is 0 Å². The lowest BCUT2D eigenvalue weighted by molar-refractivity contribution is 0.0523. The standard InChI is InChI=1S/C18H25N3O4/c1-13(2)14-3-5-15(6-4-14)21-12-16(25-18(21)23)11-19-17(22)20-7-9-24-10-8-20/h3-6,13,16H,7-12H2,1-2H3,(H,19,22). The second-order valence-electron chi connectivity index (χ2n) is 6.65. The van der Waals surface area contributed by atoms with E-state index in [4.69, 9.17) is 9.47 Å². The van der Waals surface area contributed by atoms with E-state index < -0.39 is 0 Å². The average Bonchev–Trinajstić information content (AvgIpc) is 3.01. The van der Waals surface area contributed by atoms with E-state index >= 15 is 0 Å². The molecule has 2 heterocycles. The van der Waals surface area contributed by atoms with Gasteiger partial charge in [-0.15, -0.1) is 0 Å². The highest BCUT2D eigenvalue weighted by Gasteiger charge is 2.32. The first-order chi connectivity index (χ1) is 12.0. The van der Waals surface area contributed by atoms with Crippen molar-refractivity contribution in [3.63, 3.8) is 0 Å². The van der Waals surface area contributed by atoms with Crippen LogP contribution >= 0.6 is 0 Å². The Morgan fingerprint density at radius 2 is 1.92 bits per heavy atom. The molecule has 0 aliphatic carbocycles. The summed E-state index contributed by atoms with van der Waals surface area (Å²) in [5.41, 5.74) is 2.04. The SMILES string of the molecule is CC(C)c1ccc(N2CC(CNC(=O)N3CCOCC3)OC2=O)cc1. The van der Waals surface area contributed by atoms with Crippen LogP contribution in [0.3, 0.4) is 0 Å². The van der Waals surface area contributed by atoms with Gasteiger partial charge in [0, 0.05) is 18.8 Å². The van der Waals surface area contributed by atoms with Gasteiger partial charge in [-0.05, 0) is 23.6 Å². The molecular weight excluding hydrogens is 322 g/mol. The Hall–Kier alpha value is -2.28. The third kappa shape index (κ3) is 4.22. The topological polar surface area (TPSA) is 71.1 Å². The maximum Gasteiger partial charge on any atom is 0.414 e. The van der Waals surface area contributed by atoms with Gasteiger partial charge in [0.2, 0.25) is 0 Å². The molecular formula is C18H25N3O4. The Morgan fingerprint density at radius 1 is 1.24 bits per heavy atom. The molecule has 2 fully saturated rings. The van der Waals surface area contributed by atoms with Crippen molar-refractivity contribution in [2.75, 3.05) is 44.3 Å². The minimum Gasteiger partial charge on any atom is -0.442 e. The van der Waals surface area contributed by atoms with Gasteiger partial charge in [-0.3, -0.25) is 4.90 Å². The number of anilines is 1. The third-order valence-electron chi connectivity index (χ3n) is 4.52. The number of carbonyl (C=O) groups excluding carboxylic acids is 2. The molecule has 2 aliphatic rings. The Morgan fingerprint density at radius 3 is 2.56 bits per heavy atom. The van der Waals surface area contributed by atoms with Crippen molar-refractivity contribution in [2.45, 2.75) is 25.9 Å². The molecule has 1 aromatic rings. The summed E-state index contributed by atoms with van der Waals surface area (Å²) in [4.78, 5) is 27.5. The van der Waals surface area contributed by atoms with Crippen molar-refractivity contribution in [2.24, 2.45) is 0 Å². The molecule has 7 nitrogen and oxygen atoms in total. The first-order valence-electron chi connectivity index (χ1n) is 8.73. The third-order valence-corrected chi connectivity index (χ3v) is 4.52. The number of ether oxygens (including phenoxy) is 2. The molecule has 2 aliphatic heterocycles. The molecule has 1 N–H and O–H groups in total. The van der Waals surface area contributed by atoms with Crippen molar-refractivity contribution in [1.29, 1.82) is 0 Å². The Labute approximate surface area is 147 Å². The zero-order valence-electron chi connectivity index (χ0n) is 14.7. The maximum absolute atomic E-state index is 12.1. The number of carbonyl (C=O) groups is 2. The summed E-state index contributed by atoms with van der Waals surface area (Å²) < 4.78 is 10.6. The molecule has 3 amide bonds. The first-order valence-corrected chi connectivity index (χ1v) is 8.73. The second-order valence-corrected chi connectivity index (χ2v) is 6.65. The van der Waals surface area contributed by atoms with Crippen molar-refractivity contribution in [3.05, 3.63) is 29.8 Å². The van der Waals surface area contributed by atoms with Crippen LogP contribution in [0.5, 0.6) is 0 Å². The summed E-state index contributed by atoms with van der Waals surface area (Å²) in [6.45, 7) is 7.30. The molecule has 0 aromatic heterocycles.